The largest absolute Gasteiger partial charge is 0.491 e. The predicted octanol–water partition coefficient (Wildman–Crippen LogP) is 1.36. The van der Waals surface area contributed by atoms with Crippen LogP contribution in [0.25, 0.3) is 0 Å². The minimum Gasteiger partial charge on any atom is -0.491 e. The zero-order valence-electron chi connectivity index (χ0n) is 9.04. The summed E-state index contributed by atoms with van der Waals surface area (Å²) >= 11 is 0. The van der Waals surface area contributed by atoms with Crippen LogP contribution in [-0.2, 0) is 0 Å². The van der Waals surface area contributed by atoms with E-state index in [-0.39, 0.29) is 18.0 Å². The molecular formula is C10H13NO5. The van der Waals surface area contributed by atoms with Gasteiger partial charge in [-0.05, 0) is 19.1 Å². The van der Waals surface area contributed by atoms with Crippen LogP contribution >= 0.6 is 0 Å². The molecule has 6 heteroatoms. The van der Waals surface area contributed by atoms with Crippen molar-refractivity contribution in [2.75, 3.05) is 13.7 Å². The van der Waals surface area contributed by atoms with E-state index >= 15 is 0 Å². The number of aliphatic hydroxyl groups excluding tert-OH is 1. The van der Waals surface area contributed by atoms with Crippen LogP contribution in [0.3, 0.4) is 0 Å². The van der Waals surface area contributed by atoms with Gasteiger partial charge in [0.2, 0.25) is 0 Å². The van der Waals surface area contributed by atoms with E-state index in [4.69, 9.17) is 14.6 Å². The Kier molecular flexibility index (Phi) is 4.07. The summed E-state index contributed by atoms with van der Waals surface area (Å²) in [5, 5.41) is 19.7. The molecule has 0 spiro atoms. The second kappa shape index (κ2) is 5.32. The van der Waals surface area contributed by atoms with E-state index in [2.05, 4.69) is 0 Å². The molecule has 1 atom stereocenters. The Balaban J connectivity index is 2.89. The lowest BCUT2D eigenvalue weighted by atomic mass is 10.3. The van der Waals surface area contributed by atoms with Gasteiger partial charge in [0.15, 0.2) is 5.75 Å². The van der Waals surface area contributed by atoms with Gasteiger partial charge in [-0.3, -0.25) is 10.1 Å². The van der Waals surface area contributed by atoms with Crippen molar-refractivity contribution in [3.8, 4) is 11.5 Å². The first-order valence-corrected chi connectivity index (χ1v) is 4.68. The van der Waals surface area contributed by atoms with E-state index in [1.807, 2.05) is 0 Å². The maximum Gasteiger partial charge on any atom is 0.314 e. The third kappa shape index (κ3) is 3.09. The average Bonchev–Trinajstić information content (AvgIpc) is 2.25. The maximum absolute atomic E-state index is 10.7. The standard InChI is InChI=1S/C10H13NO5/c1-7(12)6-16-8-3-4-10(15-2)9(5-8)11(13)14/h3-5,7,12H,6H2,1-2H3. The number of nitro groups is 1. The van der Waals surface area contributed by atoms with Gasteiger partial charge in [-0.25, -0.2) is 0 Å². The molecule has 0 amide bonds. The Morgan fingerprint density at radius 1 is 1.56 bits per heavy atom. The molecule has 0 saturated carbocycles. The number of rotatable bonds is 5. The molecule has 6 nitrogen and oxygen atoms in total. The van der Waals surface area contributed by atoms with Gasteiger partial charge < -0.3 is 14.6 Å². The van der Waals surface area contributed by atoms with Gasteiger partial charge in [-0.2, -0.15) is 0 Å². The van der Waals surface area contributed by atoms with Gasteiger partial charge in [0.05, 0.1) is 24.2 Å². The van der Waals surface area contributed by atoms with E-state index in [0.29, 0.717) is 5.75 Å². The SMILES string of the molecule is COc1ccc(OCC(C)O)cc1[N+](=O)[O-]. The topological polar surface area (TPSA) is 81.8 Å². The van der Waals surface area contributed by atoms with E-state index < -0.39 is 11.0 Å². The molecule has 1 rings (SSSR count). The fourth-order valence-corrected chi connectivity index (χ4v) is 1.12. The molecule has 0 saturated heterocycles. The minimum absolute atomic E-state index is 0.0868. The molecule has 0 aliphatic heterocycles. The molecular weight excluding hydrogens is 214 g/mol. The van der Waals surface area contributed by atoms with Crippen LogP contribution in [0.2, 0.25) is 0 Å². The lowest BCUT2D eigenvalue weighted by Gasteiger charge is -2.08. The van der Waals surface area contributed by atoms with E-state index in [9.17, 15) is 10.1 Å². The van der Waals surface area contributed by atoms with Crippen molar-refractivity contribution in [2.45, 2.75) is 13.0 Å². The lowest BCUT2D eigenvalue weighted by Crippen LogP contribution is -2.12. The van der Waals surface area contributed by atoms with Crippen molar-refractivity contribution in [3.05, 3.63) is 28.3 Å². The normalized spacial score (nSPS) is 11.9. The van der Waals surface area contributed by atoms with Gasteiger partial charge in [0.1, 0.15) is 12.4 Å². The smallest absolute Gasteiger partial charge is 0.314 e. The number of aliphatic hydroxyl groups is 1. The second-order valence-corrected chi connectivity index (χ2v) is 3.25. The molecule has 0 aliphatic rings. The summed E-state index contributed by atoms with van der Waals surface area (Å²) in [5.74, 6) is 0.503. The van der Waals surface area contributed by atoms with Crippen molar-refractivity contribution in [3.63, 3.8) is 0 Å². The third-order valence-electron chi connectivity index (χ3n) is 1.84. The second-order valence-electron chi connectivity index (χ2n) is 3.25. The zero-order chi connectivity index (χ0) is 12.1. The van der Waals surface area contributed by atoms with Crippen LogP contribution in [0, 0.1) is 10.1 Å². The first-order valence-electron chi connectivity index (χ1n) is 4.68. The highest BCUT2D eigenvalue weighted by Crippen LogP contribution is 2.30. The molecule has 88 valence electrons. The zero-order valence-corrected chi connectivity index (χ0v) is 9.04. The van der Waals surface area contributed by atoms with Gasteiger partial charge in [-0.15, -0.1) is 0 Å². The highest BCUT2D eigenvalue weighted by atomic mass is 16.6. The highest BCUT2D eigenvalue weighted by molar-refractivity contribution is 5.50. The summed E-state index contributed by atoms with van der Waals surface area (Å²) in [6.45, 7) is 1.65. The van der Waals surface area contributed by atoms with Crippen LogP contribution in [0.15, 0.2) is 18.2 Å². The van der Waals surface area contributed by atoms with Crippen LogP contribution in [0.5, 0.6) is 11.5 Å². The van der Waals surface area contributed by atoms with E-state index in [1.54, 1.807) is 13.0 Å². The summed E-state index contributed by atoms with van der Waals surface area (Å²) in [6.07, 6.45) is -0.624. The maximum atomic E-state index is 10.7. The molecule has 0 bridgehead atoms. The molecule has 1 aromatic rings. The van der Waals surface area contributed by atoms with Gasteiger partial charge >= 0.3 is 5.69 Å². The number of ether oxygens (including phenoxy) is 2. The highest BCUT2D eigenvalue weighted by Gasteiger charge is 2.15. The van der Waals surface area contributed by atoms with Crippen molar-refractivity contribution in [1.29, 1.82) is 0 Å². The number of methoxy groups -OCH3 is 1. The minimum atomic E-state index is -0.624. The lowest BCUT2D eigenvalue weighted by molar-refractivity contribution is -0.385. The van der Waals surface area contributed by atoms with Gasteiger partial charge in [0.25, 0.3) is 0 Å². The quantitative estimate of drug-likeness (QED) is 0.606. The molecule has 0 heterocycles. The van der Waals surface area contributed by atoms with Gasteiger partial charge in [0, 0.05) is 0 Å². The molecule has 0 radical (unpaired) electrons. The first kappa shape index (κ1) is 12.3. The summed E-state index contributed by atoms with van der Waals surface area (Å²) in [4.78, 5) is 10.1. The Bertz CT molecular complexity index is 377. The number of benzene rings is 1. The van der Waals surface area contributed by atoms with Gasteiger partial charge in [-0.1, -0.05) is 0 Å². The number of nitrogens with zero attached hydrogens (tertiary/aromatic N) is 1. The third-order valence-corrected chi connectivity index (χ3v) is 1.84. The fourth-order valence-electron chi connectivity index (χ4n) is 1.12. The predicted molar refractivity (Wildman–Crippen MR) is 56.8 cm³/mol. The average molecular weight is 227 g/mol. The van der Waals surface area contributed by atoms with E-state index in [0.717, 1.165) is 0 Å². The van der Waals surface area contributed by atoms with Crippen molar-refractivity contribution < 1.29 is 19.5 Å². The molecule has 0 fully saturated rings. The van der Waals surface area contributed by atoms with E-state index in [1.165, 1.54) is 19.2 Å². The summed E-state index contributed by atoms with van der Waals surface area (Å²) in [6, 6.07) is 4.27. The molecule has 1 N–H and O–H groups in total. The number of nitro benzene ring substituents is 1. The van der Waals surface area contributed by atoms with Crippen LogP contribution in [0.1, 0.15) is 6.92 Å². The van der Waals surface area contributed by atoms with Crippen LogP contribution in [0.4, 0.5) is 5.69 Å². The molecule has 1 unspecified atom stereocenters. The molecule has 0 aromatic heterocycles. The van der Waals surface area contributed by atoms with Crippen LogP contribution in [-0.4, -0.2) is 29.9 Å². The molecule has 0 aliphatic carbocycles. The Labute approximate surface area is 92.6 Å². The first-order chi connectivity index (χ1) is 7.54. The Morgan fingerprint density at radius 2 is 2.25 bits per heavy atom. The Hall–Kier alpha value is -1.82. The van der Waals surface area contributed by atoms with Crippen molar-refractivity contribution in [2.24, 2.45) is 0 Å². The monoisotopic (exact) mass is 227 g/mol. The van der Waals surface area contributed by atoms with Crippen molar-refractivity contribution >= 4 is 5.69 Å². The molecule has 16 heavy (non-hydrogen) atoms. The fraction of sp³-hybridized carbons (Fsp3) is 0.400. The number of hydrogen-bond acceptors (Lipinski definition) is 5. The number of hydrogen-bond donors (Lipinski definition) is 1. The summed E-state index contributed by atoms with van der Waals surface area (Å²) in [7, 11) is 1.36. The Morgan fingerprint density at radius 3 is 2.75 bits per heavy atom. The molecule has 1 aromatic carbocycles. The van der Waals surface area contributed by atoms with Crippen LogP contribution < -0.4 is 9.47 Å². The van der Waals surface area contributed by atoms with Crippen molar-refractivity contribution in [1.82, 2.24) is 0 Å². The summed E-state index contributed by atoms with van der Waals surface area (Å²) < 4.78 is 9.99. The summed E-state index contributed by atoms with van der Waals surface area (Å²) in [5.41, 5.74) is -0.161.